The zero-order valence-electron chi connectivity index (χ0n) is 21.0. The maximum atomic E-state index is 12.8. The number of anilines is 1. The van der Waals surface area contributed by atoms with E-state index in [4.69, 9.17) is 9.16 Å². The first-order valence-corrected chi connectivity index (χ1v) is 14.7. The van der Waals surface area contributed by atoms with Crippen molar-refractivity contribution in [3.8, 4) is 0 Å². The molecule has 178 valence electrons. The van der Waals surface area contributed by atoms with E-state index in [0.29, 0.717) is 18.0 Å². The summed E-state index contributed by atoms with van der Waals surface area (Å²) in [7, 11) is -2.02. The van der Waals surface area contributed by atoms with Crippen LogP contribution in [0.2, 0.25) is 18.1 Å². The highest BCUT2D eigenvalue weighted by Gasteiger charge is 2.39. The minimum absolute atomic E-state index is 0.0499. The van der Waals surface area contributed by atoms with E-state index in [1.807, 2.05) is 41.5 Å². The fraction of sp³-hybridized carbons (Fsp3) is 0.727. The smallest absolute Gasteiger partial charge is 0.412 e. The summed E-state index contributed by atoms with van der Waals surface area (Å²) in [6, 6.07) is 3.06. The number of ether oxygens (including phenoxy) is 1. The van der Waals surface area contributed by atoms with Crippen LogP contribution in [-0.4, -0.2) is 40.9 Å². The van der Waals surface area contributed by atoms with Gasteiger partial charge in [-0.05, 0) is 71.8 Å². The Labute approximate surface area is 192 Å². The quantitative estimate of drug-likeness (QED) is 0.400. The Hall–Kier alpha value is -1.13. The number of nitrogens with zero attached hydrogens (tertiary/aromatic N) is 1. The summed E-state index contributed by atoms with van der Waals surface area (Å²) in [4.78, 5) is 16.6. The highest BCUT2D eigenvalue weighted by atomic mass is 32.2. The average Bonchev–Trinajstić information content (AvgIpc) is 2.54. The normalized spacial score (nSPS) is 15.4. The molecule has 1 rings (SSSR count). The molecule has 0 radical (unpaired) electrons. The molecule has 7 nitrogen and oxygen atoms in total. The van der Waals surface area contributed by atoms with Gasteiger partial charge in [0.05, 0.1) is 12.3 Å². The van der Waals surface area contributed by atoms with Crippen molar-refractivity contribution in [1.29, 1.82) is 0 Å². The Kier molecular flexibility index (Phi) is 9.19. The third-order valence-electron chi connectivity index (χ3n) is 5.01. The number of pyridine rings is 1. The van der Waals surface area contributed by atoms with Gasteiger partial charge in [0.1, 0.15) is 16.4 Å². The first-order chi connectivity index (χ1) is 13.8. The van der Waals surface area contributed by atoms with Crippen LogP contribution in [0.4, 0.5) is 10.5 Å². The number of amides is 1. The van der Waals surface area contributed by atoms with Gasteiger partial charge >= 0.3 is 6.09 Å². The number of aromatic nitrogens is 1. The highest BCUT2D eigenvalue weighted by molar-refractivity contribution is 7.90. The summed E-state index contributed by atoms with van der Waals surface area (Å²) in [6.07, 6.45) is 1.08. The lowest BCUT2D eigenvalue weighted by Gasteiger charge is -2.37. The molecule has 0 fully saturated rings. The van der Waals surface area contributed by atoms with E-state index >= 15 is 0 Å². The fourth-order valence-electron chi connectivity index (χ4n) is 2.13. The van der Waals surface area contributed by atoms with Crippen molar-refractivity contribution in [2.24, 2.45) is 0 Å². The topological polar surface area (TPSA) is 95.5 Å². The lowest BCUT2D eigenvalue weighted by Crippen LogP contribution is -2.46. The third kappa shape index (κ3) is 9.49. The summed E-state index contributed by atoms with van der Waals surface area (Å²) in [6.45, 7) is 22.4. The molecule has 0 saturated heterocycles. The predicted octanol–water partition coefficient (Wildman–Crippen LogP) is 5.54. The van der Waals surface area contributed by atoms with Gasteiger partial charge in [-0.15, -0.1) is 4.72 Å². The molecule has 0 bridgehead atoms. The minimum atomic E-state index is -2.02. The van der Waals surface area contributed by atoms with E-state index in [2.05, 4.69) is 48.9 Å². The van der Waals surface area contributed by atoms with Crippen molar-refractivity contribution in [1.82, 2.24) is 9.71 Å². The molecule has 9 heteroatoms. The lowest BCUT2D eigenvalue weighted by molar-refractivity contribution is 0.0636. The lowest BCUT2D eigenvalue weighted by atomic mass is 10.2. The highest BCUT2D eigenvalue weighted by Crippen LogP contribution is 2.37. The molecule has 2 N–H and O–H groups in total. The molecule has 1 amide bonds. The van der Waals surface area contributed by atoms with E-state index in [-0.39, 0.29) is 5.04 Å². The molecule has 1 aromatic heterocycles. The zero-order chi connectivity index (χ0) is 24.3. The molecule has 2 atom stereocenters. The number of carbonyl (C=O) groups excluding carboxylic acids is 1. The minimum Gasteiger partial charge on any atom is -0.598 e. The molecule has 31 heavy (non-hydrogen) atoms. The van der Waals surface area contributed by atoms with Gasteiger partial charge in [-0.1, -0.05) is 20.8 Å². The Balaban J connectivity index is 3.11. The molecule has 1 heterocycles. The number of carbonyl (C=O) groups is 1. The van der Waals surface area contributed by atoms with Gasteiger partial charge < -0.3 is 13.7 Å². The van der Waals surface area contributed by atoms with E-state index in [9.17, 15) is 9.35 Å². The van der Waals surface area contributed by atoms with E-state index in [0.717, 1.165) is 0 Å². The third-order valence-corrected chi connectivity index (χ3v) is 11.1. The molecule has 0 spiro atoms. The van der Waals surface area contributed by atoms with Crippen LogP contribution in [0.3, 0.4) is 0 Å². The number of rotatable bonds is 7. The summed E-state index contributed by atoms with van der Waals surface area (Å²) in [5.74, 6) is 0. The molecule has 0 aliphatic rings. The van der Waals surface area contributed by atoms with Crippen LogP contribution in [0, 0.1) is 0 Å². The van der Waals surface area contributed by atoms with E-state index < -0.39 is 42.2 Å². The fourth-order valence-corrected chi connectivity index (χ4v) is 3.95. The van der Waals surface area contributed by atoms with Crippen LogP contribution in [0.5, 0.6) is 0 Å². The van der Waals surface area contributed by atoms with Crippen LogP contribution in [-0.2, 0) is 20.5 Å². The van der Waals surface area contributed by atoms with Gasteiger partial charge in [0.25, 0.3) is 0 Å². The van der Waals surface area contributed by atoms with Crippen molar-refractivity contribution in [2.75, 3.05) is 11.9 Å². The van der Waals surface area contributed by atoms with Gasteiger partial charge in [-0.3, -0.25) is 10.3 Å². The van der Waals surface area contributed by atoms with Crippen LogP contribution in [0.15, 0.2) is 18.3 Å². The molecular formula is C22H41N3O4SSi. The predicted molar refractivity (Wildman–Crippen MR) is 131 cm³/mol. The summed E-state index contributed by atoms with van der Waals surface area (Å²) < 4.78 is 27.3. The second kappa shape index (κ2) is 10.2. The summed E-state index contributed by atoms with van der Waals surface area (Å²) in [5, 5.41) is 2.79. The molecule has 0 aliphatic carbocycles. The zero-order valence-corrected chi connectivity index (χ0v) is 22.8. The molecule has 2 unspecified atom stereocenters. The van der Waals surface area contributed by atoms with E-state index in [1.165, 1.54) is 0 Å². The molecule has 1 aromatic rings. The number of nitrogens with one attached hydrogen (secondary N) is 2. The second-order valence-electron chi connectivity index (χ2n) is 11.2. The van der Waals surface area contributed by atoms with Crippen LogP contribution in [0.25, 0.3) is 0 Å². The van der Waals surface area contributed by atoms with Gasteiger partial charge in [-0.25, -0.2) is 4.79 Å². The molecule has 0 saturated carbocycles. The maximum Gasteiger partial charge on any atom is 0.412 e. The van der Waals surface area contributed by atoms with Crippen LogP contribution in [0.1, 0.15) is 74.0 Å². The van der Waals surface area contributed by atoms with Gasteiger partial charge in [0, 0.05) is 23.2 Å². The van der Waals surface area contributed by atoms with Gasteiger partial charge in [0.15, 0.2) is 8.32 Å². The van der Waals surface area contributed by atoms with E-state index in [1.54, 1.807) is 18.3 Å². The van der Waals surface area contributed by atoms with Crippen LogP contribution >= 0.6 is 0 Å². The summed E-state index contributed by atoms with van der Waals surface area (Å²) in [5.41, 5.74) is 0.606. The monoisotopic (exact) mass is 471 g/mol. The first kappa shape index (κ1) is 27.9. The van der Waals surface area contributed by atoms with Crippen molar-refractivity contribution < 1.29 is 18.5 Å². The Morgan fingerprint density at radius 1 is 1.16 bits per heavy atom. The largest absolute Gasteiger partial charge is 0.598 e. The first-order valence-electron chi connectivity index (χ1n) is 10.6. The average molecular weight is 472 g/mol. The van der Waals surface area contributed by atoms with Crippen molar-refractivity contribution in [3.63, 3.8) is 0 Å². The number of hydrogen-bond acceptors (Lipinski definition) is 6. The van der Waals surface area contributed by atoms with Gasteiger partial charge in [0.2, 0.25) is 0 Å². The van der Waals surface area contributed by atoms with Crippen LogP contribution < -0.4 is 10.0 Å². The summed E-state index contributed by atoms with van der Waals surface area (Å²) >= 11 is -1.31. The van der Waals surface area contributed by atoms with Crippen molar-refractivity contribution >= 4 is 31.5 Å². The maximum absolute atomic E-state index is 12.8. The standard InChI is InChI=1S/C22H41N3O4SSi/c1-20(2,3)29-19(26)24-16-12-13-23-17(14-16)18(25-30(27)21(4,5)6)15-28-31(10,11)22(7,8)9/h12-14,18,25H,15H2,1-11H3,(H,23,24,26). The molecular weight excluding hydrogens is 430 g/mol. The Bertz CT molecular complexity index is 739. The second-order valence-corrected chi connectivity index (χ2v) is 18.0. The Morgan fingerprint density at radius 3 is 2.23 bits per heavy atom. The Morgan fingerprint density at radius 2 is 1.74 bits per heavy atom. The van der Waals surface area contributed by atoms with Crippen molar-refractivity contribution in [2.45, 2.75) is 96.8 Å². The molecule has 0 aliphatic heterocycles. The number of hydrogen-bond donors (Lipinski definition) is 2. The van der Waals surface area contributed by atoms with Crippen molar-refractivity contribution in [3.05, 3.63) is 24.0 Å². The molecule has 0 aromatic carbocycles. The van der Waals surface area contributed by atoms with Gasteiger partial charge in [-0.2, -0.15) is 0 Å². The SMILES string of the molecule is CC(C)(C)OC(=O)Nc1ccnc(C(CO[Si](C)(C)C(C)(C)C)N[S+]([O-])C(C)(C)C)c1.